The van der Waals surface area contributed by atoms with Gasteiger partial charge in [0.05, 0.1) is 6.04 Å². The first-order valence-corrected chi connectivity index (χ1v) is 4.50. The third-order valence-electron chi connectivity index (χ3n) is 1.81. The molecule has 1 aromatic rings. The van der Waals surface area contributed by atoms with Gasteiger partial charge in [-0.25, -0.2) is 0 Å². The van der Waals surface area contributed by atoms with E-state index in [1.54, 1.807) is 12.1 Å². The van der Waals surface area contributed by atoms with E-state index in [1.807, 2.05) is 0 Å². The number of hydrogen-bond acceptors (Lipinski definition) is 2. The fraction of sp³-hybridized carbons (Fsp3) is 0.364. The van der Waals surface area contributed by atoms with E-state index in [0.717, 1.165) is 0 Å². The van der Waals surface area contributed by atoms with Crippen LogP contribution in [0, 0.1) is 0 Å². The molecule has 3 heteroatoms. The molecule has 1 aromatic carbocycles. The Morgan fingerprint density at radius 1 is 1.64 bits per heavy atom. The summed E-state index contributed by atoms with van der Waals surface area (Å²) < 4.78 is 36.0. The van der Waals surface area contributed by atoms with E-state index in [1.165, 1.54) is 19.1 Å². The van der Waals surface area contributed by atoms with Gasteiger partial charge in [0.2, 0.25) is 0 Å². The van der Waals surface area contributed by atoms with Gasteiger partial charge < -0.3 is 5.32 Å². The number of hydrogen-bond donors (Lipinski definition) is 1. The van der Waals surface area contributed by atoms with Crippen LogP contribution >= 0.6 is 11.6 Å². The van der Waals surface area contributed by atoms with Crippen molar-refractivity contribution in [3.63, 3.8) is 0 Å². The lowest BCUT2D eigenvalue weighted by molar-refractivity contribution is 0.0952. The fourth-order valence-corrected chi connectivity index (χ4v) is 1.16. The van der Waals surface area contributed by atoms with Crippen molar-refractivity contribution in [2.75, 3.05) is 6.50 Å². The third kappa shape index (κ3) is 2.82. The predicted molar refractivity (Wildman–Crippen MR) is 58.9 cm³/mol. The summed E-state index contributed by atoms with van der Waals surface area (Å²) in [6.07, 6.45) is 0. The lowest BCUT2D eigenvalue weighted by Crippen LogP contribution is -2.33. The van der Waals surface area contributed by atoms with Crippen LogP contribution in [0.4, 0.5) is 0 Å². The van der Waals surface area contributed by atoms with Gasteiger partial charge in [-0.1, -0.05) is 18.5 Å². The number of likely N-dealkylation sites (N-methyl/N-ethyl adjacent to an activating group) is 1. The van der Waals surface area contributed by atoms with E-state index >= 15 is 0 Å². The van der Waals surface area contributed by atoms with E-state index in [4.69, 9.17) is 18.5 Å². The molecule has 0 amide bonds. The molecule has 0 spiro atoms. The van der Waals surface area contributed by atoms with Crippen LogP contribution in [-0.2, 0) is 0 Å². The minimum Gasteiger partial charge on any atom is -0.308 e. The number of rotatable bonds is 4. The quantitative estimate of drug-likeness (QED) is 0.784. The van der Waals surface area contributed by atoms with Crippen molar-refractivity contribution >= 4 is 17.4 Å². The van der Waals surface area contributed by atoms with Crippen LogP contribution in [0.5, 0.6) is 0 Å². The van der Waals surface area contributed by atoms with Crippen LogP contribution in [0.2, 0.25) is 5.02 Å². The molecule has 76 valence electrons. The second-order valence-corrected chi connectivity index (χ2v) is 3.30. The lowest BCUT2D eigenvalue weighted by atomic mass is 10.1. The minimum absolute atomic E-state index is 0.339. The van der Waals surface area contributed by atoms with Crippen LogP contribution in [0.1, 0.15) is 31.0 Å². The summed E-state index contributed by atoms with van der Waals surface area (Å²) >= 11 is 5.70. The monoisotopic (exact) mass is 216 g/mol. The second-order valence-electron chi connectivity index (χ2n) is 2.86. The predicted octanol–water partition coefficient (Wildman–Crippen LogP) is 2.52. The Morgan fingerprint density at radius 2 is 2.29 bits per heavy atom. The van der Waals surface area contributed by atoms with Crippen molar-refractivity contribution in [2.45, 2.75) is 19.8 Å². The van der Waals surface area contributed by atoms with Crippen LogP contribution < -0.4 is 5.32 Å². The van der Waals surface area contributed by atoms with Gasteiger partial charge >= 0.3 is 0 Å². The molecule has 2 nitrogen and oxygen atoms in total. The highest BCUT2D eigenvalue weighted by atomic mass is 35.5. The molecule has 0 aliphatic rings. The van der Waals surface area contributed by atoms with E-state index in [0.29, 0.717) is 10.6 Å². The standard InChI is InChI=1S/C11H14ClNO/c1-3-13-8(2)11(14)9-4-6-10(12)7-5-9/h4-8,13H,3H2,1-2H3/i1D3,3D2. The van der Waals surface area contributed by atoms with Gasteiger partial charge in [-0.3, -0.25) is 4.79 Å². The molecule has 0 aromatic heterocycles. The molecule has 14 heavy (non-hydrogen) atoms. The highest BCUT2D eigenvalue weighted by Crippen LogP contribution is 2.11. The summed E-state index contributed by atoms with van der Waals surface area (Å²) in [5, 5.41) is 2.68. The highest BCUT2D eigenvalue weighted by molar-refractivity contribution is 6.30. The van der Waals surface area contributed by atoms with E-state index in [2.05, 4.69) is 5.32 Å². The van der Waals surface area contributed by atoms with E-state index in [-0.39, 0.29) is 0 Å². The van der Waals surface area contributed by atoms with Crippen molar-refractivity contribution in [1.82, 2.24) is 5.32 Å². The summed E-state index contributed by atoms with van der Waals surface area (Å²) in [4.78, 5) is 12.0. The zero-order valence-electron chi connectivity index (χ0n) is 12.7. The van der Waals surface area contributed by atoms with Gasteiger partial charge in [0, 0.05) is 17.4 Å². The number of halogens is 1. The van der Waals surface area contributed by atoms with E-state index in [9.17, 15) is 4.79 Å². The Balaban J connectivity index is 2.81. The molecule has 1 atom stereocenters. The minimum atomic E-state index is -2.85. The first-order chi connectivity index (χ1) is 8.54. The molecule has 0 aliphatic carbocycles. The number of nitrogens with one attached hydrogen (secondary N) is 1. The fourth-order valence-electron chi connectivity index (χ4n) is 1.04. The highest BCUT2D eigenvalue weighted by Gasteiger charge is 2.12. The maximum atomic E-state index is 12.0. The molecule has 0 bridgehead atoms. The Labute approximate surface area is 96.3 Å². The number of benzene rings is 1. The molecule has 1 rings (SSSR count). The smallest absolute Gasteiger partial charge is 0.179 e. The second kappa shape index (κ2) is 5.13. The molecule has 0 saturated heterocycles. The lowest BCUT2D eigenvalue weighted by Gasteiger charge is -2.10. The summed E-state index contributed by atoms with van der Waals surface area (Å²) in [7, 11) is 0. The SMILES string of the molecule is [2H]C([2H])([2H])C([2H])([2H])NC(C)C(=O)c1ccc(Cl)cc1. The van der Waals surface area contributed by atoms with Gasteiger partial charge in [-0.05, 0) is 37.7 Å². The van der Waals surface area contributed by atoms with Gasteiger partial charge in [-0.2, -0.15) is 0 Å². The average Bonchev–Trinajstić information content (AvgIpc) is 2.27. The largest absolute Gasteiger partial charge is 0.308 e. The summed E-state index contributed by atoms with van der Waals surface area (Å²) in [5.74, 6) is -0.398. The first kappa shape index (κ1) is 5.89. The summed E-state index contributed by atoms with van der Waals surface area (Å²) in [5.41, 5.74) is 0.339. The molecule has 0 aliphatic heterocycles. The van der Waals surface area contributed by atoms with Gasteiger partial charge in [0.25, 0.3) is 0 Å². The van der Waals surface area contributed by atoms with Crippen LogP contribution in [0.15, 0.2) is 24.3 Å². The Kier molecular flexibility index (Phi) is 2.16. The molecule has 0 fully saturated rings. The summed E-state index contributed by atoms with van der Waals surface area (Å²) in [6.45, 7) is -4.06. The van der Waals surface area contributed by atoms with E-state index < -0.39 is 25.2 Å². The van der Waals surface area contributed by atoms with Crippen molar-refractivity contribution in [3.05, 3.63) is 34.9 Å². The Morgan fingerprint density at radius 3 is 2.86 bits per heavy atom. The summed E-state index contributed by atoms with van der Waals surface area (Å²) in [6, 6.07) is 5.14. The van der Waals surface area contributed by atoms with Crippen molar-refractivity contribution < 1.29 is 11.6 Å². The first-order valence-electron chi connectivity index (χ1n) is 6.62. The molecule has 1 N–H and O–H groups in total. The Bertz CT molecular complexity index is 457. The normalized spacial score (nSPS) is 19.7. The molecule has 1 unspecified atom stereocenters. The van der Waals surface area contributed by atoms with Gasteiger partial charge in [0.1, 0.15) is 0 Å². The third-order valence-corrected chi connectivity index (χ3v) is 2.06. The molecule has 0 saturated carbocycles. The number of carbonyl (C=O) groups is 1. The van der Waals surface area contributed by atoms with Crippen molar-refractivity contribution in [2.24, 2.45) is 0 Å². The van der Waals surface area contributed by atoms with Crippen molar-refractivity contribution in [3.8, 4) is 0 Å². The van der Waals surface area contributed by atoms with Gasteiger partial charge in [0.15, 0.2) is 5.78 Å². The number of Topliss-reactive ketones (excluding diaryl/α,β-unsaturated/α-hetero) is 1. The topological polar surface area (TPSA) is 29.1 Å². The zero-order valence-corrected chi connectivity index (χ0v) is 8.43. The number of carbonyl (C=O) groups excluding carboxylic acids is 1. The molecule has 0 heterocycles. The van der Waals surface area contributed by atoms with Crippen LogP contribution in [0.25, 0.3) is 0 Å². The maximum Gasteiger partial charge on any atom is 0.179 e. The molecular formula is C11H14ClNO. The zero-order chi connectivity index (χ0) is 14.8. The van der Waals surface area contributed by atoms with Crippen molar-refractivity contribution in [1.29, 1.82) is 0 Å². The number of ketones is 1. The molecule has 0 radical (unpaired) electrons. The van der Waals surface area contributed by atoms with Gasteiger partial charge in [-0.15, -0.1) is 0 Å². The molecular weight excluding hydrogens is 198 g/mol. The Hall–Kier alpha value is -0.860. The maximum absolute atomic E-state index is 12.0. The average molecular weight is 217 g/mol. The van der Waals surface area contributed by atoms with Crippen LogP contribution in [-0.4, -0.2) is 18.3 Å². The van der Waals surface area contributed by atoms with Crippen LogP contribution in [0.3, 0.4) is 0 Å².